The summed E-state index contributed by atoms with van der Waals surface area (Å²) in [4.78, 5) is 0. The molecule has 0 unspecified atom stereocenters. The first kappa shape index (κ1) is 13.2. The van der Waals surface area contributed by atoms with Crippen LogP contribution < -0.4 is 5.32 Å². The van der Waals surface area contributed by atoms with E-state index in [9.17, 15) is 0 Å². The summed E-state index contributed by atoms with van der Waals surface area (Å²) < 4.78 is 0. The zero-order valence-electron chi connectivity index (χ0n) is 7.06. The molecule has 2 heteroatoms. The molecule has 0 aromatic carbocycles. The fourth-order valence-electron chi connectivity index (χ4n) is 0.803. The molecule has 1 radical (unpaired) electrons. The zero-order valence-corrected chi connectivity index (χ0v) is 8.46. The molecule has 10 heavy (non-hydrogen) atoms. The number of unbranched alkanes of at least 4 members (excludes halogenated alkanes) is 1. The maximum absolute atomic E-state index is 3.55. The second kappa shape index (κ2) is 9.54. The van der Waals surface area contributed by atoms with Crippen LogP contribution in [0.4, 0.5) is 0 Å². The summed E-state index contributed by atoms with van der Waals surface area (Å²) in [6.07, 6.45) is 3.95. The molecule has 0 amide bonds. The minimum atomic E-state index is 0. The van der Waals surface area contributed by atoms with Crippen molar-refractivity contribution in [2.75, 3.05) is 6.54 Å². The van der Waals surface area contributed by atoms with Crippen molar-refractivity contribution in [1.29, 1.82) is 0 Å². The van der Waals surface area contributed by atoms with E-state index in [0.717, 1.165) is 12.5 Å². The molecule has 0 rings (SSSR count). The molecule has 0 aromatic heterocycles. The average molecular weight is 181 g/mol. The Morgan fingerprint density at radius 2 is 2.00 bits per heavy atom. The second-order valence-electron chi connectivity index (χ2n) is 2.89. The molecule has 0 aliphatic heterocycles. The van der Waals surface area contributed by atoms with Crippen molar-refractivity contribution < 1.29 is 20.0 Å². The van der Waals surface area contributed by atoms with E-state index in [-0.39, 0.29) is 20.0 Å². The summed E-state index contributed by atoms with van der Waals surface area (Å²) >= 11 is 0. The van der Waals surface area contributed by atoms with Crippen LogP contribution in [0.3, 0.4) is 0 Å². The fraction of sp³-hybridized carbons (Fsp3) is 0.875. The third-order valence-corrected chi connectivity index (χ3v) is 1.39. The van der Waals surface area contributed by atoms with Crippen molar-refractivity contribution in [3.05, 3.63) is 7.05 Å². The summed E-state index contributed by atoms with van der Waals surface area (Å²) in [7, 11) is 3.55. The van der Waals surface area contributed by atoms with Crippen LogP contribution in [0.15, 0.2) is 0 Å². The van der Waals surface area contributed by atoms with Gasteiger partial charge in [0.1, 0.15) is 0 Å². The molecule has 0 saturated carbocycles. The van der Waals surface area contributed by atoms with E-state index in [2.05, 4.69) is 26.2 Å². The SMILES string of the molecule is [CH2-]NCCCCC(C)C.[HH].[V]. The van der Waals surface area contributed by atoms with Gasteiger partial charge in [0.15, 0.2) is 0 Å². The van der Waals surface area contributed by atoms with Gasteiger partial charge in [0, 0.05) is 20.0 Å². The summed E-state index contributed by atoms with van der Waals surface area (Å²) in [6, 6.07) is 0. The molecule has 0 bridgehead atoms. The minimum Gasteiger partial charge on any atom is -0.473 e. The molecule has 1 nitrogen and oxygen atoms in total. The third kappa shape index (κ3) is 11.4. The molecule has 0 heterocycles. The predicted molar refractivity (Wildman–Crippen MR) is 44.2 cm³/mol. The smallest absolute Gasteiger partial charge is 0 e. The van der Waals surface area contributed by atoms with Gasteiger partial charge in [0.05, 0.1) is 0 Å². The van der Waals surface area contributed by atoms with Gasteiger partial charge in [-0.1, -0.05) is 26.7 Å². The Bertz CT molecular complexity index is 60.1. The number of hydrogen-bond acceptors (Lipinski definition) is 1. The van der Waals surface area contributed by atoms with Crippen LogP contribution in [0.5, 0.6) is 0 Å². The van der Waals surface area contributed by atoms with Gasteiger partial charge in [-0.05, 0) is 18.9 Å². The fourth-order valence-corrected chi connectivity index (χ4v) is 0.803. The Morgan fingerprint density at radius 1 is 1.40 bits per heavy atom. The van der Waals surface area contributed by atoms with E-state index in [0.29, 0.717) is 0 Å². The van der Waals surface area contributed by atoms with Gasteiger partial charge >= 0.3 is 0 Å². The Morgan fingerprint density at radius 3 is 2.40 bits per heavy atom. The van der Waals surface area contributed by atoms with Crippen molar-refractivity contribution in [2.45, 2.75) is 33.1 Å². The van der Waals surface area contributed by atoms with Crippen LogP contribution in [0.1, 0.15) is 34.5 Å². The monoisotopic (exact) mass is 181 g/mol. The zero-order chi connectivity index (χ0) is 7.11. The maximum atomic E-state index is 3.55. The molecule has 0 saturated heterocycles. The molecule has 0 aromatic rings. The van der Waals surface area contributed by atoms with Gasteiger partial charge in [-0.15, -0.1) is 0 Å². The van der Waals surface area contributed by atoms with Gasteiger partial charge in [-0.2, -0.15) is 0 Å². The topological polar surface area (TPSA) is 12.0 Å². The average Bonchev–Trinajstić information content (AvgIpc) is 1.80. The number of rotatable bonds is 5. The Hall–Kier alpha value is 0.544. The van der Waals surface area contributed by atoms with Crippen LogP contribution in [-0.4, -0.2) is 6.54 Å². The van der Waals surface area contributed by atoms with E-state index < -0.39 is 0 Å². The van der Waals surface area contributed by atoms with Crippen molar-refractivity contribution in [3.8, 4) is 0 Å². The van der Waals surface area contributed by atoms with E-state index in [1.54, 1.807) is 0 Å². The summed E-state index contributed by atoms with van der Waals surface area (Å²) in [5, 5.41) is 2.89. The largest absolute Gasteiger partial charge is 0.473 e. The molecule has 1 N–H and O–H groups in total. The van der Waals surface area contributed by atoms with Crippen molar-refractivity contribution in [1.82, 2.24) is 5.32 Å². The van der Waals surface area contributed by atoms with Crippen LogP contribution in [0.25, 0.3) is 0 Å². The van der Waals surface area contributed by atoms with Crippen LogP contribution in [0.2, 0.25) is 0 Å². The van der Waals surface area contributed by atoms with Crippen LogP contribution >= 0.6 is 0 Å². The van der Waals surface area contributed by atoms with Crippen molar-refractivity contribution in [3.63, 3.8) is 0 Å². The van der Waals surface area contributed by atoms with Gasteiger partial charge in [0.25, 0.3) is 0 Å². The van der Waals surface area contributed by atoms with Crippen molar-refractivity contribution >= 4 is 0 Å². The Kier molecular flexibility index (Phi) is 12.6. The molecule has 0 spiro atoms. The van der Waals surface area contributed by atoms with Gasteiger partial charge < -0.3 is 5.32 Å². The quantitative estimate of drug-likeness (QED) is 0.507. The second-order valence-corrected chi connectivity index (χ2v) is 2.89. The van der Waals surface area contributed by atoms with Crippen LogP contribution in [-0.2, 0) is 18.6 Å². The molecular formula is C8H20NV-. The summed E-state index contributed by atoms with van der Waals surface area (Å²) in [6.45, 7) is 5.59. The van der Waals surface area contributed by atoms with E-state index in [1.165, 1.54) is 19.3 Å². The number of nitrogens with one attached hydrogen (secondary N) is 1. The first-order chi connectivity index (χ1) is 4.27. The molecule has 0 atom stereocenters. The normalized spacial score (nSPS) is 9.60. The van der Waals surface area contributed by atoms with Gasteiger partial charge in [0.2, 0.25) is 0 Å². The van der Waals surface area contributed by atoms with Gasteiger partial charge in [-0.25, -0.2) is 0 Å². The molecule has 63 valence electrons. The summed E-state index contributed by atoms with van der Waals surface area (Å²) in [5.74, 6) is 0.856. The minimum absolute atomic E-state index is 0. The third-order valence-electron chi connectivity index (χ3n) is 1.39. The molecule has 0 aliphatic carbocycles. The molecular weight excluding hydrogens is 161 g/mol. The van der Waals surface area contributed by atoms with E-state index >= 15 is 0 Å². The maximum Gasteiger partial charge on any atom is 0 e. The van der Waals surface area contributed by atoms with Crippen molar-refractivity contribution in [2.24, 2.45) is 5.92 Å². The van der Waals surface area contributed by atoms with E-state index in [4.69, 9.17) is 0 Å². The summed E-state index contributed by atoms with van der Waals surface area (Å²) in [5.41, 5.74) is 0. The Labute approximate surface area is 78.3 Å². The molecule has 0 aliphatic rings. The van der Waals surface area contributed by atoms with Crippen LogP contribution in [0, 0.1) is 13.0 Å². The predicted octanol–water partition coefficient (Wildman–Crippen LogP) is 2.44. The first-order valence-electron chi connectivity index (χ1n) is 3.77. The van der Waals surface area contributed by atoms with Gasteiger partial charge in [-0.3, -0.25) is 7.05 Å². The number of hydrogen-bond donors (Lipinski definition) is 1. The molecule has 0 fully saturated rings. The van der Waals surface area contributed by atoms with E-state index in [1.807, 2.05) is 0 Å². The Balaban J connectivity index is -0.000000320. The standard InChI is InChI=1S/C8H18N.V.H2/c1-8(2)6-4-5-7-9-3;;/h8-9H,3-7H2,1-2H3;;1H/q-1;;. The first-order valence-corrected chi connectivity index (χ1v) is 3.77.